The summed E-state index contributed by atoms with van der Waals surface area (Å²) >= 11 is 0. The fourth-order valence-electron chi connectivity index (χ4n) is 4.85. The number of pyridine rings is 1. The summed E-state index contributed by atoms with van der Waals surface area (Å²) in [5, 5.41) is 0. The molecule has 3 heterocycles. The third kappa shape index (κ3) is 4.95. The van der Waals surface area contributed by atoms with E-state index in [-0.39, 0.29) is 41.3 Å². The molecule has 0 spiro atoms. The van der Waals surface area contributed by atoms with E-state index in [0.29, 0.717) is 36.4 Å². The average molecular weight is 480 g/mol. The van der Waals surface area contributed by atoms with Gasteiger partial charge >= 0.3 is 0 Å². The SMILES string of the molecule is CCC(CC)C(=O)N1CCN(C(=O)c2cc3nc(-c4ccc(F)cc4)cc(C(C)C)c3o2)C[C@@H]1C. The second-order valence-corrected chi connectivity index (χ2v) is 9.73. The number of halogens is 1. The minimum atomic E-state index is -0.300. The van der Waals surface area contributed by atoms with Crippen molar-refractivity contribution in [2.75, 3.05) is 19.6 Å². The molecule has 0 N–H and O–H groups in total. The third-order valence-electron chi connectivity index (χ3n) is 7.01. The van der Waals surface area contributed by atoms with E-state index in [2.05, 4.69) is 13.8 Å². The Bertz CT molecular complexity index is 1210. The van der Waals surface area contributed by atoms with Crippen LogP contribution in [-0.2, 0) is 4.79 Å². The van der Waals surface area contributed by atoms with Gasteiger partial charge in [-0.15, -0.1) is 0 Å². The highest BCUT2D eigenvalue weighted by Gasteiger charge is 2.33. The maximum atomic E-state index is 13.4. The van der Waals surface area contributed by atoms with Crippen LogP contribution in [0.4, 0.5) is 4.39 Å². The van der Waals surface area contributed by atoms with Gasteiger partial charge in [0.1, 0.15) is 11.3 Å². The summed E-state index contributed by atoms with van der Waals surface area (Å²) in [5.74, 6) is 0.114. The molecular formula is C28H34FN3O3. The van der Waals surface area contributed by atoms with Gasteiger partial charge in [0.25, 0.3) is 5.91 Å². The first kappa shape index (κ1) is 24.9. The zero-order valence-electron chi connectivity index (χ0n) is 21.2. The van der Waals surface area contributed by atoms with Crippen molar-refractivity contribution in [2.45, 2.75) is 59.4 Å². The zero-order chi connectivity index (χ0) is 25.3. The summed E-state index contributed by atoms with van der Waals surface area (Å²) in [6.45, 7) is 11.6. The standard InChI is InChI=1S/C28H34FN3O3/c1-6-19(7-2)27(33)32-13-12-31(16-18(32)5)28(34)25-15-24-26(35-25)22(17(3)4)14-23(30-24)20-8-10-21(29)11-9-20/h8-11,14-15,17-19H,6-7,12-13,16H2,1-5H3/t18-/m0/s1. The first-order valence-electron chi connectivity index (χ1n) is 12.5. The van der Waals surface area contributed by atoms with E-state index in [0.717, 1.165) is 24.0 Å². The van der Waals surface area contributed by atoms with Gasteiger partial charge in [-0.2, -0.15) is 0 Å². The molecule has 7 heteroatoms. The molecule has 2 aromatic heterocycles. The lowest BCUT2D eigenvalue weighted by Gasteiger charge is -2.40. The lowest BCUT2D eigenvalue weighted by Crippen LogP contribution is -2.56. The van der Waals surface area contributed by atoms with Gasteiger partial charge in [0.05, 0.1) is 5.69 Å². The molecule has 1 atom stereocenters. The Morgan fingerprint density at radius 2 is 1.80 bits per heavy atom. The minimum absolute atomic E-state index is 0.0332. The summed E-state index contributed by atoms with van der Waals surface area (Å²) in [6.07, 6.45) is 1.65. The van der Waals surface area contributed by atoms with Crippen molar-refractivity contribution in [3.63, 3.8) is 0 Å². The molecule has 3 aromatic rings. The molecule has 1 aromatic carbocycles. The van der Waals surface area contributed by atoms with Crippen molar-refractivity contribution in [3.05, 3.63) is 53.5 Å². The monoisotopic (exact) mass is 479 g/mol. The van der Waals surface area contributed by atoms with Crippen LogP contribution in [0.25, 0.3) is 22.4 Å². The number of fused-ring (bicyclic) bond motifs is 1. The molecule has 0 aliphatic carbocycles. The van der Waals surface area contributed by atoms with Gasteiger partial charge in [0.15, 0.2) is 11.3 Å². The summed E-state index contributed by atoms with van der Waals surface area (Å²) < 4.78 is 19.5. The Hall–Kier alpha value is -3.22. The van der Waals surface area contributed by atoms with Crippen LogP contribution in [0.2, 0.25) is 0 Å². The molecule has 1 aliphatic heterocycles. The Morgan fingerprint density at radius 1 is 1.11 bits per heavy atom. The van der Waals surface area contributed by atoms with Crippen LogP contribution >= 0.6 is 0 Å². The molecule has 0 bridgehead atoms. The molecule has 186 valence electrons. The summed E-state index contributed by atoms with van der Waals surface area (Å²) in [7, 11) is 0. The second kappa shape index (κ2) is 10.2. The molecular weight excluding hydrogens is 445 g/mol. The summed E-state index contributed by atoms with van der Waals surface area (Å²) in [4.78, 5) is 34.6. The topological polar surface area (TPSA) is 66.7 Å². The van der Waals surface area contributed by atoms with Crippen LogP contribution in [0.3, 0.4) is 0 Å². The van der Waals surface area contributed by atoms with Gasteiger partial charge in [0.2, 0.25) is 5.91 Å². The van der Waals surface area contributed by atoms with Crippen LogP contribution in [0, 0.1) is 11.7 Å². The lowest BCUT2D eigenvalue weighted by atomic mass is 10.00. The van der Waals surface area contributed by atoms with E-state index in [1.54, 1.807) is 23.1 Å². The maximum Gasteiger partial charge on any atom is 0.289 e. The number of carbonyl (C=O) groups is 2. The van der Waals surface area contributed by atoms with E-state index in [9.17, 15) is 14.0 Å². The van der Waals surface area contributed by atoms with Crippen LogP contribution in [0.15, 0.2) is 40.8 Å². The fourth-order valence-corrected chi connectivity index (χ4v) is 4.85. The van der Waals surface area contributed by atoms with Crippen LogP contribution < -0.4 is 0 Å². The highest BCUT2D eigenvalue weighted by Crippen LogP contribution is 2.32. The van der Waals surface area contributed by atoms with Crippen molar-refractivity contribution in [3.8, 4) is 11.3 Å². The fraction of sp³-hybridized carbons (Fsp3) is 0.464. The molecule has 35 heavy (non-hydrogen) atoms. The number of rotatable bonds is 6. The van der Waals surface area contributed by atoms with Gasteiger partial charge < -0.3 is 14.2 Å². The molecule has 1 aliphatic rings. The van der Waals surface area contributed by atoms with Crippen LogP contribution in [0.1, 0.15) is 69.5 Å². The predicted octanol–water partition coefficient (Wildman–Crippen LogP) is 5.87. The van der Waals surface area contributed by atoms with Crippen LogP contribution in [0.5, 0.6) is 0 Å². The van der Waals surface area contributed by atoms with E-state index in [1.165, 1.54) is 12.1 Å². The van der Waals surface area contributed by atoms with Crippen molar-refractivity contribution in [1.82, 2.24) is 14.8 Å². The minimum Gasteiger partial charge on any atom is -0.449 e. The zero-order valence-corrected chi connectivity index (χ0v) is 21.2. The van der Waals surface area contributed by atoms with Gasteiger partial charge in [-0.3, -0.25) is 9.59 Å². The summed E-state index contributed by atoms with van der Waals surface area (Å²) in [5.41, 5.74) is 3.67. The van der Waals surface area contributed by atoms with E-state index in [4.69, 9.17) is 9.40 Å². The van der Waals surface area contributed by atoms with Crippen LogP contribution in [-0.4, -0.2) is 52.3 Å². The Kier molecular flexibility index (Phi) is 7.24. The number of carbonyl (C=O) groups excluding carboxylic acids is 2. The maximum absolute atomic E-state index is 13.4. The average Bonchev–Trinajstić information content (AvgIpc) is 3.28. The Morgan fingerprint density at radius 3 is 2.40 bits per heavy atom. The first-order valence-corrected chi connectivity index (χ1v) is 12.5. The van der Waals surface area contributed by atoms with Gasteiger partial charge in [-0.25, -0.2) is 9.37 Å². The van der Waals surface area contributed by atoms with E-state index >= 15 is 0 Å². The predicted molar refractivity (Wildman–Crippen MR) is 135 cm³/mol. The van der Waals surface area contributed by atoms with Crippen molar-refractivity contribution >= 4 is 22.9 Å². The number of nitrogens with zero attached hydrogens (tertiary/aromatic N) is 3. The number of amides is 2. The highest BCUT2D eigenvalue weighted by atomic mass is 19.1. The smallest absolute Gasteiger partial charge is 0.289 e. The molecule has 0 saturated carbocycles. The number of aromatic nitrogens is 1. The van der Waals surface area contributed by atoms with Gasteiger partial charge in [-0.05, 0) is 56.0 Å². The number of hydrogen-bond donors (Lipinski definition) is 0. The lowest BCUT2D eigenvalue weighted by molar-refractivity contribution is -0.139. The van der Waals surface area contributed by atoms with Crippen molar-refractivity contribution in [1.29, 1.82) is 0 Å². The molecule has 4 rings (SSSR count). The molecule has 0 unspecified atom stereocenters. The van der Waals surface area contributed by atoms with Crippen molar-refractivity contribution < 1.29 is 18.4 Å². The number of piperazine rings is 1. The van der Waals surface area contributed by atoms with Gasteiger partial charge in [0, 0.05) is 48.8 Å². The first-order chi connectivity index (χ1) is 16.7. The molecule has 6 nitrogen and oxygen atoms in total. The summed E-state index contributed by atoms with van der Waals surface area (Å²) in [6, 6.07) is 9.81. The highest BCUT2D eigenvalue weighted by molar-refractivity contribution is 5.96. The van der Waals surface area contributed by atoms with Gasteiger partial charge in [-0.1, -0.05) is 27.7 Å². The normalized spacial score (nSPS) is 16.5. The largest absolute Gasteiger partial charge is 0.449 e. The molecule has 0 radical (unpaired) electrons. The van der Waals surface area contributed by atoms with Crippen molar-refractivity contribution in [2.24, 2.45) is 5.92 Å². The number of hydrogen-bond acceptors (Lipinski definition) is 4. The molecule has 1 saturated heterocycles. The van der Waals surface area contributed by atoms with E-state index in [1.807, 2.05) is 31.7 Å². The number of furan rings is 1. The number of benzene rings is 1. The third-order valence-corrected chi connectivity index (χ3v) is 7.01. The van der Waals surface area contributed by atoms with E-state index < -0.39 is 0 Å². The second-order valence-electron chi connectivity index (χ2n) is 9.73. The quantitative estimate of drug-likeness (QED) is 0.444. The Labute approximate surface area is 206 Å². The Balaban J connectivity index is 1.59. The molecule has 2 amide bonds. The molecule has 1 fully saturated rings.